The number of rotatable bonds is 2. The molecule has 5 nitrogen and oxygen atoms in total. The van der Waals surface area contributed by atoms with Gasteiger partial charge in [-0.3, -0.25) is 10.1 Å². The molecule has 0 fully saturated rings. The summed E-state index contributed by atoms with van der Waals surface area (Å²) in [5.41, 5.74) is 1.18. The molecule has 6 heteroatoms. The minimum Gasteiger partial charge on any atom is -0.364 e. The Labute approximate surface area is 90.1 Å². The van der Waals surface area contributed by atoms with Crippen molar-refractivity contribution in [2.24, 2.45) is 0 Å². The molecule has 0 aliphatic carbocycles. The zero-order valence-corrected chi connectivity index (χ0v) is 9.09. The number of aromatic nitrogens is 2. The number of aryl methyl sites for hydroxylation is 2. The van der Waals surface area contributed by atoms with Crippen LogP contribution in [0.25, 0.3) is 0 Å². The zero-order chi connectivity index (χ0) is 10.8. The molecule has 0 unspecified atom stereocenters. The van der Waals surface area contributed by atoms with E-state index in [-0.39, 0.29) is 11.6 Å². The molecule has 78 valence electrons. The van der Waals surface area contributed by atoms with Crippen LogP contribution in [0.5, 0.6) is 0 Å². The van der Waals surface area contributed by atoms with Gasteiger partial charge in [-0.2, -0.15) is 0 Å². The van der Waals surface area contributed by atoms with Gasteiger partial charge in [-0.15, -0.1) is 11.3 Å². The summed E-state index contributed by atoms with van der Waals surface area (Å²) >= 11 is 1.44. The summed E-state index contributed by atoms with van der Waals surface area (Å²) in [7, 11) is 0. The number of hydrogen-bond donors (Lipinski definition) is 1. The summed E-state index contributed by atoms with van der Waals surface area (Å²) in [6, 6.07) is 1.50. The first-order valence-electron chi connectivity index (χ1n) is 4.32. The number of carbonyl (C=O) groups excluding carboxylic acids is 1. The van der Waals surface area contributed by atoms with E-state index in [2.05, 4.69) is 20.0 Å². The molecular formula is C9H9N3O2S. The summed E-state index contributed by atoms with van der Waals surface area (Å²) in [6.45, 7) is 3.86. The molecule has 0 radical (unpaired) electrons. The first-order chi connectivity index (χ1) is 7.16. The van der Waals surface area contributed by atoms with Crippen molar-refractivity contribution in [1.82, 2.24) is 10.1 Å². The van der Waals surface area contributed by atoms with E-state index in [9.17, 15) is 4.79 Å². The van der Waals surface area contributed by atoms with E-state index in [0.717, 1.165) is 10.6 Å². The Morgan fingerprint density at radius 1 is 1.53 bits per heavy atom. The first kappa shape index (κ1) is 9.85. The second-order valence-electron chi connectivity index (χ2n) is 3.00. The van der Waals surface area contributed by atoms with Crippen LogP contribution >= 0.6 is 11.3 Å². The standard InChI is InChI=1S/C9H9N3O2S/c1-5-6(2)15-9(10-5)11-8(13)7-3-4-14-12-7/h3-4H,1-2H3,(H,10,11,13). The van der Waals surface area contributed by atoms with Crippen molar-refractivity contribution in [3.8, 4) is 0 Å². The summed E-state index contributed by atoms with van der Waals surface area (Å²) in [4.78, 5) is 16.8. The topological polar surface area (TPSA) is 68.0 Å². The molecule has 1 N–H and O–H groups in total. The Kier molecular flexibility index (Phi) is 2.51. The van der Waals surface area contributed by atoms with Gasteiger partial charge < -0.3 is 4.52 Å². The smallest absolute Gasteiger partial charge is 0.279 e. The predicted molar refractivity (Wildman–Crippen MR) is 56.0 cm³/mol. The first-order valence-corrected chi connectivity index (χ1v) is 5.14. The number of carbonyl (C=O) groups is 1. The highest BCUT2D eigenvalue weighted by Crippen LogP contribution is 2.21. The average molecular weight is 223 g/mol. The molecule has 2 aromatic heterocycles. The second kappa shape index (κ2) is 3.82. The van der Waals surface area contributed by atoms with Crippen LogP contribution < -0.4 is 5.32 Å². The molecule has 0 spiro atoms. The van der Waals surface area contributed by atoms with Crippen LogP contribution in [0.15, 0.2) is 16.9 Å². The average Bonchev–Trinajstić information content (AvgIpc) is 2.77. The van der Waals surface area contributed by atoms with Gasteiger partial charge >= 0.3 is 0 Å². The lowest BCUT2D eigenvalue weighted by Gasteiger charge is -1.95. The maximum atomic E-state index is 11.5. The molecule has 2 heterocycles. The molecule has 2 rings (SSSR count). The van der Waals surface area contributed by atoms with E-state index >= 15 is 0 Å². The maximum Gasteiger partial charge on any atom is 0.279 e. The van der Waals surface area contributed by atoms with Gasteiger partial charge in [0.1, 0.15) is 6.26 Å². The monoisotopic (exact) mass is 223 g/mol. The quantitative estimate of drug-likeness (QED) is 0.845. The lowest BCUT2D eigenvalue weighted by atomic mass is 10.4. The van der Waals surface area contributed by atoms with Gasteiger partial charge in [-0.1, -0.05) is 5.16 Å². The third kappa shape index (κ3) is 2.04. The van der Waals surface area contributed by atoms with E-state index in [1.54, 1.807) is 0 Å². The number of anilines is 1. The van der Waals surface area contributed by atoms with Crippen LogP contribution in [0.4, 0.5) is 5.13 Å². The van der Waals surface area contributed by atoms with E-state index in [1.807, 2.05) is 13.8 Å². The number of thiazole rings is 1. The second-order valence-corrected chi connectivity index (χ2v) is 4.20. The van der Waals surface area contributed by atoms with Gasteiger partial charge in [0, 0.05) is 10.9 Å². The van der Waals surface area contributed by atoms with Gasteiger partial charge in [0.15, 0.2) is 10.8 Å². The largest absolute Gasteiger partial charge is 0.364 e. The normalized spacial score (nSPS) is 10.3. The van der Waals surface area contributed by atoms with E-state index in [1.165, 1.54) is 23.7 Å². The van der Waals surface area contributed by atoms with Gasteiger partial charge in [0.25, 0.3) is 5.91 Å². The molecule has 1 amide bonds. The Morgan fingerprint density at radius 2 is 2.33 bits per heavy atom. The summed E-state index contributed by atoms with van der Waals surface area (Å²) in [5, 5.41) is 6.76. The van der Waals surface area contributed by atoms with Crippen molar-refractivity contribution < 1.29 is 9.32 Å². The Morgan fingerprint density at radius 3 is 2.87 bits per heavy atom. The molecule has 0 bridgehead atoms. The number of amides is 1. The Hall–Kier alpha value is -1.69. The van der Waals surface area contributed by atoms with E-state index in [0.29, 0.717) is 5.13 Å². The fourth-order valence-electron chi connectivity index (χ4n) is 1.02. The van der Waals surface area contributed by atoms with Crippen molar-refractivity contribution in [1.29, 1.82) is 0 Å². The molecule has 15 heavy (non-hydrogen) atoms. The van der Waals surface area contributed by atoms with Crippen molar-refractivity contribution in [2.75, 3.05) is 5.32 Å². The van der Waals surface area contributed by atoms with Crippen molar-refractivity contribution >= 4 is 22.4 Å². The molecule has 0 aliphatic heterocycles. The maximum absolute atomic E-state index is 11.5. The van der Waals surface area contributed by atoms with Crippen LogP contribution in [0.1, 0.15) is 21.1 Å². The SMILES string of the molecule is Cc1nc(NC(=O)c2ccon2)sc1C. The highest BCUT2D eigenvalue weighted by Gasteiger charge is 2.11. The van der Waals surface area contributed by atoms with Crippen LogP contribution in [0, 0.1) is 13.8 Å². The summed E-state index contributed by atoms with van der Waals surface area (Å²) in [6.07, 6.45) is 1.35. The molecule has 0 atom stereocenters. The third-order valence-corrected chi connectivity index (χ3v) is 2.91. The van der Waals surface area contributed by atoms with Gasteiger partial charge in [0.2, 0.25) is 0 Å². The minimum absolute atomic E-state index is 0.250. The lowest BCUT2D eigenvalue weighted by molar-refractivity contribution is 0.101. The van der Waals surface area contributed by atoms with Crippen LogP contribution in [-0.2, 0) is 0 Å². The fourth-order valence-corrected chi connectivity index (χ4v) is 1.83. The summed E-state index contributed by atoms with van der Waals surface area (Å²) in [5.74, 6) is -0.308. The Balaban J connectivity index is 2.13. The van der Waals surface area contributed by atoms with Gasteiger partial charge in [-0.25, -0.2) is 4.98 Å². The highest BCUT2D eigenvalue weighted by atomic mass is 32.1. The number of nitrogens with zero attached hydrogens (tertiary/aromatic N) is 2. The molecular weight excluding hydrogens is 214 g/mol. The zero-order valence-electron chi connectivity index (χ0n) is 8.27. The highest BCUT2D eigenvalue weighted by molar-refractivity contribution is 7.15. The van der Waals surface area contributed by atoms with Crippen LogP contribution in [-0.4, -0.2) is 16.0 Å². The van der Waals surface area contributed by atoms with Crippen molar-refractivity contribution in [3.05, 3.63) is 28.6 Å². The minimum atomic E-state index is -0.308. The predicted octanol–water partition coefficient (Wildman–Crippen LogP) is 2.00. The molecule has 0 saturated carbocycles. The van der Waals surface area contributed by atoms with Gasteiger partial charge in [-0.05, 0) is 13.8 Å². The third-order valence-electron chi connectivity index (χ3n) is 1.92. The summed E-state index contributed by atoms with van der Waals surface area (Å²) < 4.78 is 4.57. The van der Waals surface area contributed by atoms with Crippen molar-refractivity contribution in [3.63, 3.8) is 0 Å². The molecule has 2 aromatic rings. The van der Waals surface area contributed by atoms with Crippen LogP contribution in [0.2, 0.25) is 0 Å². The van der Waals surface area contributed by atoms with E-state index in [4.69, 9.17) is 0 Å². The molecule has 0 aromatic carbocycles. The number of nitrogens with one attached hydrogen (secondary N) is 1. The van der Waals surface area contributed by atoms with Crippen molar-refractivity contribution in [2.45, 2.75) is 13.8 Å². The Bertz CT molecular complexity index is 456. The lowest BCUT2D eigenvalue weighted by Crippen LogP contribution is -2.11. The number of hydrogen-bond acceptors (Lipinski definition) is 5. The van der Waals surface area contributed by atoms with Gasteiger partial charge in [0.05, 0.1) is 5.69 Å². The fraction of sp³-hybridized carbons (Fsp3) is 0.222. The van der Waals surface area contributed by atoms with E-state index < -0.39 is 0 Å². The molecule has 0 saturated heterocycles. The van der Waals surface area contributed by atoms with Crippen LogP contribution in [0.3, 0.4) is 0 Å². The molecule has 0 aliphatic rings.